The smallest absolute Gasteiger partial charge is 0.0453 e. The first-order valence-electron chi connectivity index (χ1n) is 7.85. The second kappa shape index (κ2) is 4.99. The average Bonchev–Trinajstić information content (AvgIpc) is 2.46. The summed E-state index contributed by atoms with van der Waals surface area (Å²) in [6, 6.07) is 17.6. The van der Waals surface area contributed by atoms with Gasteiger partial charge in [0, 0.05) is 5.54 Å². The Kier molecular flexibility index (Phi) is 3.41. The highest BCUT2D eigenvalue weighted by atomic mass is 14.7. The van der Waals surface area contributed by atoms with Gasteiger partial charge in [0.15, 0.2) is 0 Å². The summed E-state index contributed by atoms with van der Waals surface area (Å²) in [4.78, 5) is 0. The SMILES string of the molecule is CC(C)(C)c1ccc(C2(N)CCc3ccccc3C2)cc1. The van der Waals surface area contributed by atoms with Gasteiger partial charge in [-0.3, -0.25) is 0 Å². The molecule has 3 rings (SSSR count). The molecule has 1 aliphatic rings. The molecule has 1 aliphatic carbocycles. The Bertz CT molecular complexity index is 634. The van der Waals surface area contributed by atoms with Crippen LogP contribution in [-0.4, -0.2) is 0 Å². The lowest BCUT2D eigenvalue weighted by atomic mass is 9.74. The molecule has 21 heavy (non-hydrogen) atoms. The van der Waals surface area contributed by atoms with E-state index in [0.717, 1.165) is 19.3 Å². The van der Waals surface area contributed by atoms with Gasteiger partial charge in [-0.25, -0.2) is 0 Å². The fourth-order valence-corrected chi connectivity index (χ4v) is 3.31. The van der Waals surface area contributed by atoms with Crippen LogP contribution in [0.3, 0.4) is 0 Å². The van der Waals surface area contributed by atoms with E-state index in [9.17, 15) is 0 Å². The molecule has 1 unspecified atom stereocenters. The maximum atomic E-state index is 6.75. The minimum Gasteiger partial charge on any atom is -0.321 e. The van der Waals surface area contributed by atoms with Crippen molar-refractivity contribution in [1.82, 2.24) is 0 Å². The normalized spacial score (nSPS) is 21.9. The lowest BCUT2D eigenvalue weighted by molar-refractivity contribution is 0.385. The zero-order valence-corrected chi connectivity index (χ0v) is 13.3. The number of aryl methyl sites for hydroxylation is 1. The highest BCUT2D eigenvalue weighted by Gasteiger charge is 2.32. The van der Waals surface area contributed by atoms with Crippen molar-refractivity contribution in [2.24, 2.45) is 5.73 Å². The van der Waals surface area contributed by atoms with Gasteiger partial charge in [-0.2, -0.15) is 0 Å². The standard InChI is InChI=1S/C20H25N/c1-19(2,3)17-8-10-18(11-9-17)20(21)13-12-15-6-4-5-7-16(15)14-20/h4-11H,12-14,21H2,1-3H3. The first kappa shape index (κ1) is 14.3. The van der Waals surface area contributed by atoms with E-state index in [1.807, 2.05) is 0 Å². The van der Waals surface area contributed by atoms with Gasteiger partial charge in [-0.15, -0.1) is 0 Å². The average molecular weight is 279 g/mol. The summed E-state index contributed by atoms with van der Waals surface area (Å²) >= 11 is 0. The predicted octanol–water partition coefficient (Wildman–Crippen LogP) is 4.33. The van der Waals surface area contributed by atoms with Crippen LogP contribution in [0, 0.1) is 0 Å². The van der Waals surface area contributed by atoms with Crippen molar-refractivity contribution >= 4 is 0 Å². The molecule has 0 spiro atoms. The number of fused-ring (bicyclic) bond motifs is 1. The lowest BCUT2D eigenvalue weighted by Crippen LogP contribution is -2.42. The van der Waals surface area contributed by atoms with Crippen molar-refractivity contribution in [2.75, 3.05) is 0 Å². The van der Waals surface area contributed by atoms with E-state index >= 15 is 0 Å². The predicted molar refractivity (Wildman–Crippen MR) is 89.5 cm³/mol. The van der Waals surface area contributed by atoms with E-state index in [1.165, 1.54) is 22.3 Å². The van der Waals surface area contributed by atoms with E-state index in [4.69, 9.17) is 5.73 Å². The molecule has 1 atom stereocenters. The lowest BCUT2D eigenvalue weighted by Gasteiger charge is -2.35. The molecule has 2 aromatic rings. The van der Waals surface area contributed by atoms with E-state index in [2.05, 4.69) is 69.3 Å². The zero-order chi connectivity index (χ0) is 15.1. The van der Waals surface area contributed by atoms with E-state index in [0.29, 0.717) is 0 Å². The fourth-order valence-electron chi connectivity index (χ4n) is 3.31. The first-order valence-corrected chi connectivity index (χ1v) is 7.85. The molecular weight excluding hydrogens is 254 g/mol. The molecule has 0 amide bonds. The Balaban J connectivity index is 1.90. The van der Waals surface area contributed by atoms with Crippen molar-refractivity contribution in [3.05, 3.63) is 70.8 Å². The second-order valence-electron chi connectivity index (χ2n) is 7.43. The van der Waals surface area contributed by atoms with Crippen LogP contribution in [0.2, 0.25) is 0 Å². The maximum absolute atomic E-state index is 6.75. The van der Waals surface area contributed by atoms with Crippen LogP contribution in [0.15, 0.2) is 48.5 Å². The van der Waals surface area contributed by atoms with Crippen molar-refractivity contribution < 1.29 is 0 Å². The van der Waals surface area contributed by atoms with Crippen LogP contribution in [0.25, 0.3) is 0 Å². The summed E-state index contributed by atoms with van der Waals surface area (Å²) in [5.74, 6) is 0. The quantitative estimate of drug-likeness (QED) is 0.826. The minimum atomic E-state index is -0.217. The minimum absolute atomic E-state index is 0.194. The molecule has 2 aromatic carbocycles. The molecule has 0 aromatic heterocycles. The third kappa shape index (κ3) is 2.75. The number of benzene rings is 2. The van der Waals surface area contributed by atoms with E-state index in [1.54, 1.807) is 0 Å². The van der Waals surface area contributed by atoms with Crippen LogP contribution < -0.4 is 5.73 Å². The molecule has 110 valence electrons. The molecule has 0 saturated carbocycles. The van der Waals surface area contributed by atoms with Gasteiger partial charge in [0.2, 0.25) is 0 Å². The van der Waals surface area contributed by atoms with Gasteiger partial charge in [0.1, 0.15) is 0 Å². The fraction of sp³-hybridized carbons (Fsp3) is 0.400. The molecule has 2 N–H and O–H groups in total. The largest absolute Gasteiger partial charge is 0.321 e. The van der Waals surface area contributed by atoms with Gasteiger partial charge in [-0.1, -0.05) is 69.3 Å². The second-order valence-corrected chi connectivity index (χ2v) is 7.43. The summed E-state index contributed by atoms with van der Waals surface area (Å²) in [7, 11) is 0. The van der Waals surface area contributed by atoms with Gasteiger partial charge < -0.3 is 5.73 Å². The van der Waals surface area contributed by atoms with Gasteiger partial charge in [0.25, 0.3) is 0 Å². The molecule has 0 saturated heterocycles. The zero-order valence-electron chi connectivity index (χ0n) is 13.3. The van der Waals surface area contributed by atoms with Crippen molar-refractivity contribution in [1.29, 1.82) is 0 Å². The van der Waals surface area contributed by atoms with E-state index < -0.39 is 0 Å². The topological polar surface area (TPSA) is 26.0 Å². The molecular formula is C20H25N. The first-order chi connectivity index (χ1) is 9.88. The van der Waals surface area contributed by atoms with Crippen LogP contribution >= 0.6 is 0 Å². The Morgan fingerprint density at radius 1 is 0.905 bits per heavy atom. The van der Waals surface area contributed by atoms with Gasteiger partial charge >= 0.3 is 0 Å². The van der Waals surface area contributed by atoms with E-state index in [-0.39, 0.29) is 11.0 Å². The summed E-state index contributed by atoms with van der Waals surface area (Å²) in [5, 5.41) is 0. The Hall–Kier alpha value is -1.60. The third-order valence-electron chi connectivity index (χ3n) is 4.79. The van der Waals surface area contributed by atoms with Crippen molar-refractivity contribution in [3.8, 4) is 0 Å². The summed E-state index contributed by atoms with van der Waals surface area (Å²) < 4.78 is 0. The molecule has 0 aliphatic heterocycles. The summed E-state index contributed by atoms with van der Waals surface area (Å²) in [5.41, 5.74) is 12.2. The molecule has 0 radical (unpaired) electrons. The van der Waals surface area contributed by atoms with Crippen molar-refractivity contribution in [3.63, 3.8) is 0 Å². The number of rotatable bonds is 1. The van der Waals surface area contributed by atoms with Gasteiger partial charge in [0.05, 0.1) is 0 Å². The highest BCUT2D eigenvalue weighted by molar-refractivity contribution is 5.38. The Labute approximate surface area is 128 Å². The van der Waals surface area contributed by atoms with Crippen molar-refractivity contribution in [2.45, 2.75) is 51.0 Å². The van der Waals surface area contributed by atoms with Gasteiger partial charge in [-0.05, 0) is 46.9 Å². The summed E-state index contributed by atoms with van der Waals surface area (Å²) in [6.45, 7) is 6.74. The number of hydrogen-bond donors (Lipinski definition) is 1. The number of hydrogen-bond acceptors (Lipinski definition) is 1. The molecule has 1 nitrogen and oxygen atoms in total. The van der Waals surface area contributed by atoms with Crippen LogP contribution in [0.1, 0.15) is 49.4 Å². The monoisotopic (exact) mass is 279 g/mol. The molecule has 0 heterocycles. The Morgan fingerprint density at radius 3 is 2.14 bits per heavy atom. The number of nitrogens with two attached hydrogens (primary N) is 1. The van der Waals surface area contributed by atoms with Crippen LogP contribution in [-0.2, 0) is 23.8 Å². The maximum Gasteiger partial charge on any atom is 0.0453 e. The molecule has 0 fully saturated rings. The van der Waals surface area contributed by atoms with Crippen LogP contribution in [0.5, 0.6) is 0 Å². The highest BCUT2D eigenvalue weighted by Crippen LogP contribution is 2.35. The summed E-state index contributed by atoms with van der Waals surface area (Å²) in [6.07, 6.45) is 3.05. The molecule has 1 heteroatoms. The third-order valence-corrected chi connectivity index (χ3v) is 4.79. The van der Waals surface area contributed by atoms with Crippen LogP contribution in [0.4, 0.5) is 0 Å². The molecule has 0 bridgehead atoms. The Morgan fingerprint density at radius 2 is 1.52 bits per heavy atom.